The molecule has 0 saturated carbocycles. The highest BCUT2D eigenvalue weighted by atomic mass is 32.1. The fourth-order valence-electron chi connectivity index (χ4n) is 3.53. The van der Waals surface area contributed by atoms with Crippen LogP contribution in [0.15, 0.2) is 36.7 Å². The molecule has 1 amide bonds. The van der Waals surface area contributed by atoms with Crippen molar-refractivity contribution in [3.8, 4) is 0 Å². The van der Waals surface area contributed by atoms with E-state index in [2.05, 4.69) is 23.1 Å². The zero-order valence-corrected chi connectivity index (χ0v) is 15.2. The third-order valence-corrected chi connectivity index (χ3v) is 5.93. The Kier molecular flexibility index (Phi) is 4.53. The molecular formula is C19H22N4OS. The van der Waals surface area contributed by atoms with Gasteiger partial charge in [-0.25, -0.2) is 4.98 Å². The van der Waals surface area contributed by atoms with E-state index in [4.69, 9.17) is 0 Å². The van der Waals surface area contributed by atoms with Crippen LogP contribution >= 0.6 is 11.3 Å². The van der Waals surface area contributed by atoms with E-state index in [0.717, 1.165) is 36.8 Å². The largest absolute Gasteiger partial charge is 0.342 e. The molecule has 0 N–H and O–H groups in total. The second-order valence-corrected chi connectivity index (χ2v) is 7.93. The number of benzene rings is 1. The number of hydrogen-bond donors (Lipinski definition) is 0. The van der Waals surface area contributed by atoms with E-state index in [-0.39, 0.29) is 5.91 Å². The van der Waals surface area contributed by atoms with Gasteiger partial charge >= 0.3 is 0 Å². The van der Waals surface area contributed by atoms with Gasteiger partial charge in [0.05, 0.1) is 23.3 Å². The van der Waals surface area contributed by atoms with Crippen LogP contribution in [-0.4, -0.2) is 38.7 Å². The van der Waals surface area contributed by atoms with Gasteiger partial charge in [-0.1, -0.05) is 18.2 Å². The number of likely N-dealkylation sites (tertiary alicyclic amines) is 1. The van der Waals surface area contributed by atoms with Crippen molar-refractivity contribution in [3.63, 3.8) is 0 Å². The van der Waals surface area contributed by atoms with Crippen molar-refractivity contribution in [2.45, 2.75) is 38.6 Å². The van der Waals surface area contributed by atoms with Gasteiger partial charge in [-0.3, -0.25) is 9.48 Å². The quantitative estimate of drug-likeness (QED) is 0.719. The lowest BCUT2D eigenvalue weighted by Crippen LogP contribution is -2.39. The van der Waals surface area contributed by atoms with Crippen molar-refractivity contribution < 1.29 is 4.79 Å². The standard InChI is InChI=1S/C19H22N4OS/c1-14-11-20-19(25-14)16-6-4-9-22(13-16)18(24)8-10-23-17-7-3-2-5-15(17)12-21-23/h2-3,5,7,11-12,16H,4,6,8-10,13H2,1H3/t16-/m1/s1. The number of fused-ring (bicyclic) bond motifs is 1. The van der Waals surface area contributed by atoms with Crippen LogP contribution in [0.3, 0.4) is 0 Å². The molecule has 25 heavy (non-hydrogen) atoms. The minimum Gasteiger partial charge on any atom is -0.342 e. The maximum atomic E-state index is 12.7. The van der Waals surface area contributed by atoms with Crippen molar-refractivity contribution >= 4 is 28.1 Å². The lowest BCUT2D eigenvalue weighted by atomic mass is 9.98. The number of piperidine rings is 1. The Labute approximate surface area is 151 Å². The van der Waals surface area contributed by atoms with E-state index in [1.807, 2.05) is 40.2 Å². The summed E-state index contributed by atoms with van der Waals surface area (Å²) in [5, 5.41) is 6.71. The average Bonchev–Trinajstić information content (AvgIpc) is 3.26. The van der Waals surface area contributed by atoms with Gasteiger partial charge in [0, 0.05) is 41.9 Å². The molecule has 3 heterocycles. The summed E-state index contributed by atoms with van der Waals surface area (Å²) in [4.78, 5) is 20.5. The molecule has 130 valence electrons. The zero-order chi connectivity index (χ0) is 17.2. The second-order valence-electron chi connectivity index (χ2n) is 6.66. The van der Waals surface area contributed by atoms with Gasteiger partial charge in [0.25, 0.3) is 0 Å². The van der Waals surface area contributed by atoms with Crippen molar-refractivity contribution in [1.29, 1.82) is 0 Å². The van der Waals surface area contributed by atoms with Crippen molar-refractivity contribution in [1.82, 2.24) is 19.7 Å². The van der Waals surface area contributed by atoms with Crippen LogP contribution in [0.4, 0.5) is 0 Å². The third kappa shape index (κ3) is 3.44. The number of para-hydroxylation sites is 1. The monoisotopic (exact) mass is 354 g/mol. The predicted molar refractivity (Wildman–Crippen MR) is 99.8 cm³/mol. The van der Waals surface area contributed by atoms with E-state index >= 15 is 0 Å². The normalized spacial score (nSPS) is 18.0. The Morgan fingerprint density at radius 2 is 2.20 bits per heavy atom. The maximum absolute atomic E-state index is 12.7. The Bertz CT molecular complexity index is 884. The van der Waals surface area contributed by atoms with Crippen molar-refractivity contribution in [2.24, 2.45) is 0 Å². The number of aromatic nitrogens is 3. The first-order valence-electron chi connectivity index (χ1n) is 8.81. The van der Waals surface area contributed by atoms with Gasteiger partial charge in [-0.15, -0.1) is 11.3 Å². The molecule has 1 fully saturated rings. The molecular weight excluding hydrogens is 332 g/mol. The van der Waals surface area contributed by atoms with Crippen LogP contribution in [0.25, 0.3) is 10.9 Å². The number of amides is 1. The molecule has 5 nitrogen and oxygen atoms in total. The molecule has 4 rings (SSSR count). The first kappa shape index (κ1) is 16.3. The molecule has 1 atom stereocenters. The van der Waals surface area contributed by atoms with Crippen LogP contribution in [-0.2, 0) is 11.3 Å². The Balaban J connectivity index is 1.39. The summed E-state index contributed by atoms with van der Waals surface area (Å²) in [7, 11) is 0. The fourth-order valence-corrected chi connectivity index (χ4v) is 4.43. The van der Waals surface area contributed by atoms with Crippen LogP contribution in [0.1, 0.15) is 35.1 Å². The number of carbonyl (C=O) groups excluding carboxylic acids is 1. The molecule has 0 unspecified atom stereocenters. The number of carbonyl (C=O) groups is 1. The van der Waals surface area contributed by atoms with E-state index in [1.54, 1.807) is 11.3 Å². The van der Waals surface area contributed by atoms with Gasteiger partial charge in [0.15, 0.2) is 0 Å². The SMILES string of the molecule is Cc1cnc([C@@H]2CCCN(C(=O)CCn3ncc4ccccc43)C2)s1. The number of thiazole rings is 1. The van der Waals surface area contributed by atoms with E-state index in [1.165, 1.54) is 9.88 Å². The molecule has 0 aliphatic carbocycles. The van der Waals surface area contributed by atoms with Gasteiger partial charge in [-0.2, -0.15) is 5.10 Å². The lowest BCUT2D eigenvalue weighted by molar-refractivity contribution is -0.132. The summed E-state index contributed by atoms with van der Waals surface area (Å²) in [6, 6.07) is 8.11. The minimum atomic E-state index is 0.220. The summed E-state index contributed by atoms with van der Waals surface area (Å²) in [6.45, 7) is 4.37. The third-order valence-electron chi connectivity index (χ3n) is 4.85. The number of nitrogens with zero attached hydrogens (tertiary/aromatic N) is 4. The molecule has 2 aromatic heterocycles. The Morgan fingerprint density at radius 3 is 3.04 bits per heavy atom. The van der Waals surface area contributed by atoms with Gasteiger partial charge in [0.2, 0.25) is 5.91 Å². The summed E-state index contributed by atoms with van der Waals surface area (Å²) >= 11 is 1.76. The topological polar surface area (TPSA) is 51.0 Å². The summed E-state index contributed by atoms with van der Waals surface area (Å²) in [6.07, 6.45) is 6.47. The first-order valence-corrected chi connectivity index (χ1v) is 9.63. The number of hydrogen-bond acceptors (Lipinski definition) is 4. The van der Waals surface area contributed by atoms with Crippen LogP contribution in [0.5, 0.6) is 0 Å². The number of aryl methyl sites for hydroxylation is 2. The molecule has 1 aliphatic rings. The van der Waals surface area contributed by atoms with E-state index in [9.17, 15) is 4.79 Å². The first-order chi connectivity index (χ1) is 12.2. The van der Waals surface area contributed by atoms with Crippen LogP contribution < -0.4 is 0 Å². The highest BCUT2D eigenvalue weighted by molar-refractivity contribution is 7.11. The smallest absolute Gasteiger partial charge is 0.224 e. The average molecular weight is 354 g/mol. The molecule has 1 aromatic carbocycles. The van der Waals surface area contributed by atoms with E-state index < -0.39 is 0 Å². The van der Waals surface area contributed by atoms with Crippen molar-refractivity contribution in [2.75, 3.05) is 13.1 Å². The summed E-state index contributed by atoms with van der Waals surface area (Å²) in [5.74, 6) is 0.611. The summed E-state index contributed by atoms with van der Waals surface area (Å²) in [5.41, 5.74) is 1.09. The van der Waals surface area contributed by atoms with Crippen molar-refractivity contribution in [3.05, 3.63) is 46.5 Å². The van der Waals surface area contributed by atoms with Gasteiger partial charge < -0.3 is 4.90 Å². The lowest BCUT2D eigenvalue weighted by Gasteiger charge is -2.32. The van der Waals surface area contributed by atoms with E-state index in [0.29, 0.717) is 18.9 Å². The van der Waals surface area contributed by atoms with Gasteiger partial charge in [-0.05, 0) is 25.8 Å². The highest BCUT2D eigenvalue weighted by Crippen LogP contribution is 2.30. The Morgan fingerprint density at radius 1 is 1.32 bits per heavy atom. The molecule has 0 bridgehead atoms. The van der Waals surface area contributed by atoms with Crippen LogP contribution in [0.2, 0.25) is 0 Å². The number of rotatable bonds is 4. The highest BCUT2D eigenvalue weighted by Gasteiger charge is 2.26. The molecule has 1 saturated heterocycles. The Hall–Kier alpha value is -2.21. The molecule has 1 aliphatic heterocycles. The maximum Gasteiger partial charge on any atom is 0.224 e. The fraction of sp³-hybridized carbons (Fsp3) is 0.421. The molecule has 6 heteroatoms. The molecule has 0 spiro atoms. The van der Waals surface area contributed by atoms with Gasteiger partial charge in [0.1, 0.15) is 0 Å². The van der Waals surface area contributed by atoms with Crippen LogP contribution in [0, 0.1) is 6.92 Å². The predicted octanol–water partition coefficient (Wildman–Crippen LogP) is 3.60. The molecule has 3 aromatic rings. The molecule has 0 radical (unpaired) electrons. The zero-order valence-electron chi connectivity index (χ0n) is 14.4. The second kappa shape index (κ2) is 6.96. The minimum absolute atomic E-state index is 0.220. The summed E-state index contributed by atoms with van der Waals surface area (Å²) < 4.78 is 1.93.